The summed E-state index contributed by atoms with van der Waals surface area (Å²) in [6.45, 7) is 2.82. The van der Waals surface area contributed by atoms with Gasteiger partial charge in [-0.25, -0.2) is 17.6 Å². The molecule has 1 amide bonds. The molecule has 1 unspecified atom stereocenters. The number of benzene rings is 2. The highest BCUT2D eigenvalue weighted by Gasteiger charge is 2.64. The van der Waals surface area contributed by atoms with Crippen LogP contribution in [0.1, 0.15) is 26.3 Å². The van der Waals surface area contributed by atoms with Gasteiger partial charge in [-0.3, -0.25) is 4.79 Å². The average Bonchev–Trinajstić information content (AvgIpc) is 2.68. The molecule has 8 heteroatoms. The Kier molecular flexibility index (Phi) is 4.87. The molecule has 28 heavy (non-hydrogen) atoms. The molecular formula is C20H20F4N2O2. The fourth-order valence-corrected chi connectivity index (χ4v) is 3.25. The number of carbonyl (C=O) groups excluding carboxylic acids is 1. The molecule has 4 nitrogen and oxygen atoms in total. The van der Waals surface area contributed by atoms with Gasteiger partial charge < -0.3 is 15.4 Å². The first-order valence-electron chi connectivity index (χ1n) is 8.62. The maximum atomic E-state index is 15.4. The molecule has 0 spiro atoms. The van der Waals surface area contributed by atoms with Gasteiger partial charge in [-0.15, -0.1) is 0 Å². The van der Waals surface area contributed by atoms with E-state index in [2.05, 4.69) is 10.6 Å². The minimum absolute atomic E-state index is 0.303. The summed E-state index contributed by atoms with van der Waals surface area (Å²) in [7, 11) is 0. The van der Waals surface area contributed by atoms with E-state index in [1.54, 1.807) is 0 Å². The van der Waals surface area contributed by atoms with Crippen molar-refractivity contribution < 1.29 is 27.1 Å². The Morgan fingerprint density at radius 1 is 1.00 bits per heavy atom. The van der Waals surface area contributed by atoms with Crippen molar-refractivity contribution in [1.29, 1.82) is 0 Å². The van der Waals surface area contributed by atoms with Gasteiger partial charge in [0.15, 0.2) is 0 Å². The van der Waals surface area contributed by atoms with Crippen LogP contribution >= 0.6 is 0 Å². The Morgan fingerprint density at radius 3 is 2.25 bits per heavy atom. The normalized spacial score (nSPS) is 23.6. The van der Waals surface area contributed by atoms with E-state index < -0.39 is 46.8 Å². The number of ether oxygens (including phenoxy) is 1. The summed E-state index contributed by atoms with van der Waals surface area (Å²) in [4.78, 5) is 12.0. The highest BCUT2D eigenvalue weighted by molar-refractivity contribution is 5.79. The zero-order valence-electron chi connectivity index (χ0n) is 15.6. The number of anilines is 2. The summed E-state index contributed by atoms with van der Waals surface area (Å²) in [5.74, 6) is -5.74. The topological polar surface area (TPSA) is 50.4 Å². The van der Waals surface area contributed by atoms with Gasteiger partial charge in [-0.1, -0.05) is 0 Å². The van der Waals surface area contributed by atoms with Crippen LogP contribution in [0.3, 0.4) is 0 Å². The molecule has 0 aromatic heterocycles. The largest absolute Gasteiger partial charge is 0.359 e. The number of alkyl halides is 2. The van der Waals surface area contributed by atoms with Gasteiger partial charge in [0.1, 0.15) is 29.4 Å². The van der Waals surface area contributed by atoms with Gasteiger partial charge in [0.25, 0.3) is 0 Å². The first kappa shape index (κ1) is 20.1. The van der Waals surface area contributed by atoms with E-state index in [-0.39, 0.29) is 0 Å². The lowest BCUT2D eigenvalue weighted by molar-refractivity contribution is -0.216. The van der Waals surface area contributed by atoms with Crippen molar-refractivity contribution in [2.24, 2.45) is 0 Å². The molecule has 2 aromatic carbocycles. The molecule has 1 fully saturated rings. The van der Waals surface area contributed by atoms with Crippen molar-refractivity contribution in [1.82, 2.24) is 5.32 Å². The van der Waals surface area contributed by atoms with Crippen molar-refractivity contribution in [3.8, 4) is 0 Å². The predicted octanol–water partition coefficient (Wildman–Crippen LogP) is 4.48. The molecule has 0 bridgehead atoms. The second-order valence-corrected chi connectivity index (χ2v) is 7.37. The number of nitrogens with one attached hydrogen (secondary N) is 2. The smallest absolute Gasteiger partial charge is 0.302 e. The van der Waals surface area contributed by atoms with Crippen molar-refractivity contribution in [3.63, 3.8) is 0 Å². The molecule has 1 aliphatic heterocycles. The highest BCUT2D eigenvalue weighted by Crippen LogP contribution is 2.48. The Hall–Kier alpha value is -2.61. The molecule has 0 radical (unpaired) electrons. The van der Waals surface area contributed by atoms with E-state index in [9.17, 15) is 13.6 Å². The first-order valence-corrected chi connectivity index (χ1v) is 8.62. The van der Waals surface area contributed by atoms with Gasteiger partial charge in [-0.05, 0) is 63.2 Å². The second kappa shape index (κ2) is 6.77. The van der Waals surface area contributed by atoms with Gasteiger partial charge >= 0.3 is 5.92 Å². The lowest BCUT2D eigenvalue weighted by Crippen LogP contribution is -2.62. The van der Waals surface area contributed by atoms with Crippen LogP contribution in [0, 0.1) is 11.6 Å². The summed E-state index contributed by atoms with van der Waals surface area (Å²) in [5, 5.41) is 5.13. The van der Waals surface area contributed by atoms with Crippen LogP contribution in [-0.2, 0) is 15.1 Å². The molecule has 2 aromatic rings. The van der Waals surface area contributed by atoms with Crippen LogP contribution in [0.2, 0.25) is 0 Å². The van der Waals surface area contributed by atoms with Crippen molar-refractivity contribution in [2.75, 3.05) is 11.9 Å². The number of hydrogen-bond acceptors (Lipinski definition) is 3. The molecule has 2 N–H and O–H groups in total. The zero-order valence-corrected chi connectivity index (χ0v) is 15.6. The van der Waals surface area contributed by atoms with Crippen molar-refractivity contribution in [3.05, 3.63) is 59.7 Å². The number of amides is 1. The molecule has 1 atom stereocenters. The van der Waals surface area contributed by atoms with Gasteiger partial charge in [0.05, 0.1) is 0 Å². The molecule has 1 heterocycles. The maximum Gasteiger partial charge on any atom is 0.302 e. The predicted molar refractivity (Wildman–Crippen MR) is 96.6 cm³/mol. The second-order valence-electron chi connectivity index (χ2n) is 7.37. The first-order chi connectivity index (χ1) is 13.0. The van der Waals surface area contributed by atoms with E-state index in [0.29, 0.717) is 11.4 Å². The highest BCUT2D eigenvalue weighted by atomic mass is 19.3. The number of hydrogen-bond donors (Lipinski definition) is 2. The molecular weight excluding hydrogens is 376 g/mol. The van der Waals surface area contributed by atoms with Crippen molar-refractivity contribution >= 4 is 17.3 Å². The average molecular weight is 396 g/mol. The molecule has 150 valence electrons. The number of halogens is 4. The fourth-order valence-electron chi connectivity index (χ4n) is 3.25. The Bertz CT molecular complexity index is 900. The van der Waals surface area contributed by atoms with E-state index >= 15 is 8.78 Å². The van der Waals surface area contributed by atoms with E-state index in [0.717, 1.165) is 26.8 Å². The summed E-state index contributed by atoms with van der Waals surface area (Å²) in [6.07, 6.45) is 0. The maximum absolute atomic E-state index is 15.4. The minimum atomic E-state index is -3.64. The Labute approximate surface area is 159 Å². The summed E-state index contributed by atoms with van der Waals surface area (Å²) in [5.41, 5.74) is -3.97. The zero-order chi connectivity index (χ0) is 20.7. The number of carbonyl (C=O) groups is 1. The molecule has 0 saturated carbocycles. The third-order valence-electron chi connectivity index (χ3n) is 4.98. The lowest BCUT2D eigenvalue weighted by atomic mass is 9.77. The standard InChI is InChI=1S/C20H20F4N2O2/c1-18(2)20(23,24)19(3,26-17(27)11-28-18)15-10-14(8-9-16(15)22)25-13-6-4-12(21)5-7-13/h4-10,25H,11H2,1-3H3,(H,26,27). The van der Waals surface area contributed by atoms with E-state index in [1.165, 1.54) is 36.4 Å². The van der Waals surface area contributed by atoms with Crippen molar-refractivity contribution in [2.45, 2.75) is 37.8 Å². The lowest BCUT2D eigenvalue weighted by Gasteiger charge is -2.43. The Morgan fingerprint density at radius 2 is 1.61 bits per heavy atom. The van der Waals surface area contributed by atoms with E-state index in [1.807, 2.05) is 0 Å². The third kappa shape index (κ3) is 3.32. The molecule has 1 saturated heterocycles. The van der Waals surface area contributed by atoms with Crippen LogP contribution in [0.15, 0.2) is 42.5 Å². The summed E-state index contributed by atoms with van der Waals surface area (Å²) >= 11 is 0. The van der Waals surface area contributed by atoms with Gasteiger partial charge in [0, 0.05) is 16.9 Å². The van der Waals surface area contributed by atoms with Crippen LogP contribution in [0.25, 0.3) is 0 Å². The monoisotopic (exact) mass is 396 g/mol. The molecule has 1 aliphatic rings. The fraction of sp³-hybridized carbons (Fsp3) is 0.350. The third-order valence-corrected chi connectivity index (χ3v) is 4.98. The summed E-state index contributed by atoms with van der Waals surface area (Å²) < 4.78 is 63.5. The summed E-state index contributed by atoms with van der Waals surface area (Å²) in [6, 6.07) is 8.98. The number of rotatable bonds is 3. The minimum Gasteiger partial charge on any atom is -0.359 e. The SMILES string of the molecule is CC1(C)OCC(=O)NC(C)(c2cc(Nc3ccc(F)cc3)ccc2F)C1(F)F. The molecule has 0 aliphatic carbocycles. The van der Waals surface area contributed by atoms with Crippen LogP contribution in [0.5, 0.6) is 0 Å². The molecule has 3 rings (SSSR count). The van der Waals surface area contributed by atoms with Crippen LogP contribution < -0.4 is 10.6 Å². The van der Waals surface area contributed by atoms with Crippen LogP contribution in [0.4, 0.5) is 28.9 Å². The van der Waals surface area contributed by atoms with Gasteiger partial charge in [-0.2, -0.15) is 0 Å². The van der Waals surface area contributed by atoms with E-state index in [4.69, 9.17) is 4.74 Å². The van der Waals surface area contributed by atoms with Crippen LogP contribution in [-0.4, -0.2) is 24.0 Å². The quantitative estimate of drug-likeness (QED) is 0.752. The Balaban J connectivity index is 2.07. The van der Waals surface area contributed by atoms with Gasteiger partial charge in [0.2, 0.25) is 5.91 Å².